The molecular weight excluding hydrogens is 252 g/mol. The van der Waals surface area contributed by atoms with Gasteiger partial charge in [-0.2, -0.15) is 4.98 Å². The maximum atomic E-state index is 5.56. The molecule has 0 spiro atoms. The summed E-state index contributed by atoms with van der Waals surface area (Å²) in [5.41, 5.74) is 1.03. The van der Waals surface area contributed by atoms with Crippen molar-refractivity contribution < 1.29 is 9.26 Å². The van der Waals surface area contributed by atoms with Gasteiger partial charge in [-0.05, 0) is 6.92 Å². The number of rotatable bonds is 3. The van der Waals surface area contributed by atoms with Crippen LogP contribution in [0, 0.1) is 6.92 Å². The van der Waals surface area contributed by atoms with Crippen LogP contribution in [0.3, 0.4) is 0 Å². The summed E-state index contributed by atoms with van der Waals surface area (Å²) < 4.78 is 10.8. The first-order valence-corrected chi connectivity index (χ1v) is 6.75. The Bertz CT molecular complexity index is 519. The van der Waals surface area contributed by atoms with Crippen molar-refractivity contribution in [1.29, 1.82) is 0 Å². The highest BCUT2D eigenvalue weighted by molar-refractivity contribution is 7.09. The Kier molecular flexibility index (Phi) is 3.35. The van der Waals surface area contributed by atoms with Gasteiger partial charge in [-0.15, -0.1) is 11.3 Å². The van der Waals surface area contributed by atoms with E-state index in [1.54, 1.807) is 11.3 Å². The fourth-order valence-corrected chi connectivity index (χ4v) is 2.58. The average Bonchev–Trinajstić information content (AvgIpc) is 3.01. The summed E-state index contributed by atoms with van der Waals surface area (Å²) >= 11 is 1.61. The molecule has 7 heteroatoms. The molecule has 1 fully saturated rings. The lowest BCUT2D eigenvalue weighted by Gasteiger charge is -2.19. The summed E-state index contributed by atoms with van der Waals surface area (Å²) in [5, 5.41) is 10.2. The second-order valence-corrected chi connectivity index (χ2v) is 5.11. The van der Waals surface area contributed by atoms with Gasteiger partial charge in [0.25, 0.3) is 5.89 Å². The molecule has 1 N–H and O–H groups in total. The summed E-state index contributed by atoms with van der Waals surface area (Å²) in [7, 11) is 0. The van der Waals surface area contributed by atoms with Crippen LogP contribution in [0.5, 0.6) is 0 Å². The average molecular weight is 266 g/mol. The molecule has 0 amide bonds. The molecule has 0 radical (unpaired) electrons. The summed E-state index contributed by atoms with van der Waals surface area (Å²) in [6.07, 6.45) is 0.486. The number of thiazole rings is 1. The maximum Gasteiger partial charge on any atom is 0.257 e. The summed E-state index contributed by atoms with van der Waals surface area (Å²) in [6.45, 7) is 4.24. The molecule has 0 saturated carbocycles. The molecule has 0 bridgehead atoms. The maximum absolute atomic E-state index is 5.56. The number of hydrogen-bond donors (Lipinski definition) is 1. The van der Waals surface area contributed by atoms with Gasteiger partial charge in [-0.25, -0.2) is 4.98 Å². The van der Waals surface area contributed by atoms with E-state index in [0.29, 0.717) is 24.7 Å². The number of nitrogens with one attached hydrogen (secondary N) is 1. The predicted molar refractivity (Wildman–Crippen MR) is 65.5 cm³/mol. The van der Waals surface area contributed by atoms with Crippen molar-refractivity contribution in [3.05, 3.63) is 27.8 Å². The van der Waals surface area contributed by atoms with Gasteiger partial charge in [0, 0.05) is 24.2 Å². The van der Waals surface area contributed by atoms with Crippen molar-refractivity contribution in [2.24, 2.45) is 0 Å². The highest BCUT2D eigenvalue weighted by Crippen LogP contribution is 2.18. The van der Waals surface area contributed by atoms with Gasteiger partial charge in [-0.3, -0.25) is 0 Å². The summed E-state index contributed by atoms with van der Waals surface area (Å²) in [4.78, 5) is 8.74. The smallest absolute Gasteiger partial charge is 0.257 e. The van der Waals surface area contributed by atoms with E-state index in [-0.39, 0.29) is 6.10 Å². The molecule has 96 valence electrons. The van der Waals surface area contributed by atoms with E-state index in [0.717, 1.165) is 23.8 Å². The van der Waals surface area contributed by atoms with E-state index >= 15 is 0 Å². The van der Waals surface area contributed by atoms with Gasteiger partial charge < -0.3 is 14.6 Å². The van der Waals surface area contributed by atoms with Crippen molar-refractivity contribution in [3.63, 3.8) is 0 Å². The van der Waals surface area contributed by atoms with Crippen LogP contribution in [0.1, 0.15) is 28.5 Å². The predicted octanol–water partition coefficient (Wildman–Crippen LogP) is 1.09. The van der Waals surface area contributed by atoms with E-state index < -0.39 is 0 Å². The Hall–Kier alpha value is -1.31. The van der Waals surface area contributed by atoms with Crippen LogP contribution < -0.4 is 5.32 Å². The van der Waals surface area contributed by atoms with Crippen LogP contribution in [0.2, 0.25) is 0 Å². The minimum absolute atomic E-state index is 0.127. The lowest BCUT2D eigenvalue weighted by Crippen LogP contribution is -2.33. The van der Waals surface area contributed by atoms with E-state index in [9.17, 15) is 0 Å². The van der Waals surface area contributed by atoms with E-state index in [1.165, 1.54) is 0 Å². The Balaban J connectivity index is 1.69. The Morgan fingerprint density at radius 2 is 2.44 bits per heavy atom. The van der Waals surface area contributed by atoms with Crippen LogP contribution in [-0.2, 0) is 11.2 Å². The van der Waals surface area contributed by atoms with Gasteiger partial charge in [-0.1, -0.05) is 5.16 Å². The molecule has 1 aliphatic rings. The molecule has 1 saturated heterocycles. The molecule has 3 heterocycles. The van der Waals surface area contributed by atoms with Gasteiger partial charge in [0.1, 0.15) is 11.1 Å². The Morgan fingerprint density at radius 3 is 3.17 bits per heavy atom. The molecule has 2 aromatic rings. The van der Waals surface area contributed by atoms with E-state index in [4.69, 9.17) is 9.26 Å². The lowest BCUT2D eigenvalue weighted by molar-refractivity contribution is 0.00755. The summed E-state index contributed by atoms with van der Waals surface area (Å²) in [6, 6.07) is 0. The molecule has 2 aromatic heterocycles. The molecule has 0 aliphatic carbocycles. The minimum Gasteiger partial charge on any atom is -0.366 e. The quantitative estimate of drug-likeness (QED) is 0.896. The molecule has 0 aromatic carbocycles. The van der Waals surface area contributed by atoms with Crippen LogP contribution in [0.25, 0.3) is 0 Å². The fourth-order valence-electron chi connectivity index (χ4n) is 1.81. The Labute approximate surface area is 108 Å². The molecule has 6 nitrogen and oxygen atoms in total. The van der Waals surface area contributed by atoms with Crippen molar-refractivity contribution >= 4 is 11.3 Å². The zero-order chi connectivity index (χ0) is 12.4. The standard InChI is InChI=1S/C11H14N4O2S/c1-7-6-18-10(13-7)4-9-14-11(17-15-9)8-5-12-2-3-16-8/h6,8,12H,2-5H2,1H3. The van der Waals surface area contributed by atoms with Gasteiger partial charge in [0.2, 0.25) is 0 Å². The SMILES string of the molecule is Cc1csc(Cc2noc(C3CNCCO3)n2)n1. The number of aryl methyl sites for hydroxylation is 1. The van der Waals surface area contributed by atoms with Crippen LogP contribution in [-0.4, -0.2) is 34.8 Å². The van der Waals surface area contributed by atoms with Gasteiger partial charge in [0.05, 0.1) is 13.0 Å². The molecular formula is C11H14N4O2S. The topological polar surface area (TPSA) is 73.1 Å². The van der Waals surface area contributed by atoms with E-state index in [2.05, 4.69) is 20.4 Å². The van der Waals surface area contributed by atoms with E-state index in [1.807, 2.05) is 12.3 Å². The highest BCUT2D eigenvalue weighted by Gasteiger charge is 2.22. The molecule has 1 unspecified atom stereocenters. The highest BCUT2D eigenvalue weighted by atomic mass is 32.1. The second-order valence-electron chi connectivity index (χ2n) is 4.17. The number of morpholine rings is 1. The van der Waals surface area contributed by atoms with Gasteiger partial charge >= 0.3 is 0 Å². The van der Waals surface area contributed by atoms with Crippen molar-refractivity contribution in [3.8, 4) is 0 Å². The van der Waals surface area contributed by atoms with Crippen LogP contribution >= 0.6 is 11.3 Å². The zero-order valence-corrected chi connectivity index (χ0v) is 10.9. The summed E-state index contributed by atoms with van der Waals surface area (Å²) in [5.74, 6) is 1.21. The molecule has 1 atom stereocenters. The molecule has 1 aliphatic heterocycles. The first-order valence-electron chi connectivity index (χ1n) is 5.87. The van der Waals surface area contributed by atoms with Gasteiger partial charge in [0.15, 0.2) is 5.82 Å². The number of ether oxygens (including phenoxy) is 1. The molecule has 18 heavy (non-hydrogen) atoms. The largest absolute Gasteiger partial charge is 0.366 e. The van der Waals surface area contributed by atoms with Crippen LogP contribution in [0.4, 0.5) is 0 Å². The first-order chi connectivity index (χ1) is 8.81. The molecule has 3 rings (SSSR count). The third kappa shape index (κ3) is 2.58. The zero-order valence-electron chi connectivity index (χ0n) is 10.0. The lowest BCUT2D eigenvalue weighted by atomic mass is 10.3. The van der Waals surface area contributed by atoms with Crippen molar-refractivity contribution in [1.82, 2.24) is 20.4 Å². The second kappa shape index (κ2) is 5.13. The van der Waals surface area contributed by atoms with Crippen molar-refractivity contribution in [2.45, 2.75) is 19.4 Å². The Morgan fingerprint density at radius 1 is 1.50 bits per heavy atom. The third-order valence-electron chi connectivity index (χ3n) is 2.66. The number of nitrogens with zero attached hydrogens (tertiary/aromatic N) is 3. The normalized spacial score (nSPS) is 20.2. The number of hydrogen-bond acceptors (Lipinski definition) is 7. The van der Waals surface area contributed by atoms with Crippen LogP contribution in [0.15, 0.2) is 9.90 Å². The first kappa shape index (κ1) is 11.8. The monoisotopic (exact) mass is 266 g/mol. The minimum atomic E-state index is -0.127. The number of aromatic nitrogens is 3. The van der Waals surface area contributed by atoms with Crippen molar-refractivity contribution in [2.75, 3.05) is 19.7 Å². The third-order valence-corrected chi connectivity index (χ3v) is 3.63. The fraction of sp³-hybridized carbons (Fsp3) is 0.545.